The van der Waals surface area contributed by atoms with E-state index in [1.54, 1.807) is 7.11 Å². The first kappa shape index (κ1) is 19.5. The molecule has 6 heteroatoms. The van der Waals surface area contributed by atoms with E-state index in [1.165, 1.54) is 5.56 Å². The summed E-state index contributed by atoms with van der Waals surface area (Å²) in [6.45, 7) is 2.09. The summed E-state index contributed by atoms with van der Waals surface area (Å²) < 4.78 is 14.6. The van der Waals surface area contributed by atoms with Crippen LogP contribution >= 0.6 is 15.9 Å². The van der Waals surface area contributed by atoms with Crippen molar-refractivity contribution in [1.29, 1.82) is 0 Å². The summed E-state index contributed by atoms with van der Waals surface area (Å²) in [7, 11) is 5.76. The van der Waals surface area contributed by atoms with Crippen LogP contribution in [0.5, 0.6) is 11.5 Å². The first-order valence-corrected chi connectivity index (χ1v) is 9.53. The van der Waals surface area contributed by atoms with Crippen LogP contribution in [-0.2, 0) is 26.7 Å². The van der Waals surface area contributed by atoms with Crippen molar-refractivity contribution < 1.29 is 9.47 Å². The fourth-order valence-corrected chi connectivity index (χ4v) is 3.09. The average molecular weight is 430 g/mol. The van der Waals surface area contributed by atoms with Gasteiger partial charge in [-0.2, -0.15) is 0 Å². The van der Waals surface area contributed by atoms with Gasteiger partial charge >= 0.3 is 0 Å². The summed E-state index contributed by atoms with van der Waals surface area (Å²) in [5, 5.41) is 0. The fraction of sp³-hybridized carbons (Fsp3) is 0.286. The van der Waals surface area contributed by atoms with Crippen LogP contribution in [0.3, 0.4) is 0 Å². The lowest BCUT2D eigenvalue weighted by Crippen LogP contribution is -2.19. The maximum atomic E-state index is 5.95. The molecule has 5 nitrogen and oxygen atoms in total. The van der Waals surface area contributed by atoms with Crippen molar-refractivity contribution in [3.05, 3.63) is 76.3 Å². The number of aromatic nitrogens is 2. The van der Waals surface area contributed by atoms with E-state index in [-0.39, 0.29) is 0 Å². The minimum atomic E-state index is 0.502. The second-order valence-corrected chi connectivity index (χ2v) is 7.44. The van der Waals surface area contributed by atoms with Crippen molar-refractivity contribution in [2.24, 2.45) is 7.05 Å². The van der Waals surface area contributed by atoms with Crippen LogP contribution in [0, 0.1) is 0 Å². The lowest BCUT2D eigenvalue weighted by molar-refractivity contribution is 0.282. The van der Waals surface area contributed by atoms with Crippen LogP contribution in [0.1, 0.15) is 17.0 Å². The lowest BCUT2D eigenvalue weighted by Gasteiger charge is -2.18. The van der Waals surface area contributed by atoms with E-state index < -0.39 is 0 Å². The van der Waals surface area contributed by atoms with E-state index in [0.717, 1.165) is 40.4 Å². The molecule has 3 rings (SSSR count). The normalized spacial score (nSPS) is 11.0. The molecule has 0 saturated heterocycles. The number of halogens is 1. The van der Waals surface area contributed by atoms with Crippen molar-refractivity contribution in [2.75, 3.05) is 14.2 Å². The Morgan fingerprint density at radius 1 is 1.04 bits per heavy atom. The number of ether oxygens (including phenoxy) is 2. The van der Waals surface area contributed by atoms with Gasteiger partial charge in [0.2, 0.25) is 0 Å². The van der Waals surface area contributed by atoms with Gasteiger partial charge in [0.25, 0.3) is 0 Å². The molecule has 0 saturated carbocycles. The van der Waals surface area contributed by atoms with Gasteiger partial charge in [0, 0.05) is 30.5 Å². The Kier molecular flexibility index (Phi) is 6.53. The number of methoxy groups -OCH3 is 1. The zero-order chi connectivity index (χ0) is 19.2. The van der Waals surface area contributed by atoms with Crippen molar-refractivity contribution in [3.8, 4) is 11.5 Å². The second kappa shape index (κ2) is 9.06. The summed E-state index contributed by atoms with van der Waals surface area (Å²) in [4.78, 5) is 6.60. The molecule has 142 valence electrons. The van der Waals surface area contributed by atoms with Gasteiger partial charge in [0.1, 0.15) is 12.4 Å². The van der Waals surface area contributed by atoms with Gasteiger partial charge in [-0.3, -0.25) is 4.90 Å². The molecule has 0 atom stereocenters. The maximum absolute atomic E-state index is 5.95. The molecule has 0 radical (unpaired) electrons. The Morgan fingerprint density at radius 3 is 2.44 bits per heavy atom. The van der Waals surface area contributed by atoms with Gasteiger partial charge < -0.3 is 14.0 Å². The van der Waals surface area contributed by atoms with Gasteiger partial charge in [-0.1, -0.05) is 34.1 Å². The van der Waals surface area contributed by atoms with E-state index in [0.29, 0.717) is 6.61 Å². The van der Waals surface area contributed by atoms with Crippen molar-refractivity contribution in [2.45, 2.75) is 19.7 Å². The standard InChI is InChI=1S/C21H24BrN3O2/c1-24(14-21-23-10-11-25(21)2)13-17-6-9-19(20(12-17)26-3)27-15-16-4-7-18(22)8-5-16/h4-12H,13-15H2,1-3H3. The summed E-state index contributed by atoms with van der Waals surface area (Å²) in [5.41, 5.74) is 2.28. The number of rotatable bonds is 8. The number of imidazole rings is 1. The maximum Gasteiger partial charge on any atom is 0.161 e. The minimum Gasteiger partial charge on any atom is -0.493 e. The van der Waals surface area contributed by atoms with E-state index in [9.17, 15) is 0 Å². The monoisotopic (exact) mass is 429 g/mol. The third-order valence-corrected chi connectivity index (χ3v) is 4.85. The average Bonchev–Trinajstić information content (AvgIpc) is 3.06. The Bertz CT molecular complexity index is 877. The number of hydrogen-bond donors (Lipinski definition) is 0. The molecule has 0 fully saturated rings. The Hall–Kier alpha value is -2.31. The van der Waals surface area contributed by atoms with Gasteiger partial charge in [-0.25, -0.2) is 4.98 Å². The topological polar surface area (TPSA) is 39.5 Å². The highest BCUT2D eigenvalue weighted by Crippen LogP contribution is 2.29. The van der Waals surface area contributed by atoms with Gasteiger partial charge in [-0.05, 0) is 42.4 Å². The van der Waals surface area contributed by atoms with Crippen LogP contribution in [0.15, 0.2) is 59.3 Å². The molecular weight excluding hydrogens is 406 g/mol. The number of hydrogen-bond acceptors (Lipinski definition) is 4. The molecule has 1 aromatic heterocycles. The van der Waals surface area contributed by atoms with E-state index in [2.05, 4.69) is 38.9 Å². The van der Waals surface area contributed by atoms with Crippen LogP contribution in [-0.4, -0.2) is 28.6 Å². The summed E-state index contributed by atoms with van der Waals surface area (Å²) in [6.07, 6.45) is 3.79. The zero-order valence-corrected chi connectivity index (χ0v) is 17.4. The molecule has 0 bridgehead atoms. The zero-order valence-electron chi connectivity index (χ0n) is 15.9. The fourth-order valence-electron chi connectivity index (χ4n) is 2.83. The first-order valence-electron chi connectivity index (χ1n) is 8.74. The van der Waals surface area contributed by atoms with Crippen LogP contribution < -0.4 is 9.47 Å². The molecule has 3 aromatic rings. The number of nitrogens with zero attached hydrogens (tertiary/aromatic N) is 3. The predicted octanol–water partition coefficient (Wildman–Crippen LogP) is 4.40. The molecule has 2 aromatic carbocycles. The largest absolute Gasteiger partial charge is 0.493 e. The number of benzene rings is 2. The molecule has 1 heterocycles. The molecule has 27 heavy (non-hydrogen) atoms. The first-order chi connectivity index (χ1) is 13.0. The summed E-state index contributed by atoms with van der Waals surface area (Å²) >= 11 is 3.44. The molecule has 0 aliphatic carbocycles. The molecule has 0 spiro atoms. The Labute approximate surface area is 168 Å². The third kappa shape index (κ3) is 5.34. The van der Waals surface area contributed by atoms with Gasteiger partial charge in [-0.15, -0.1) is 0 Å². The van der Waals surface area contributed by atoms with Crippen LogP contribution in [0.25, 0.3) is 0 Å². The summed E-state index contributed by atoms with van der Waals surface area (Å²) in [6, 6.07) is 14.2. The van der Waals surface area contributed by atoms with Crippen LogP contribution in [0.2, 0.25) is 0 Å². The van der Waals surface area contributed by atoms with Crippen molar-refractivity contribution in [1.82, 2.24) is 14.5 Å². The SMILES string of the molecule is COc1cc(CN(C)Cc2nccn2C)ccc1OCc1ccc(Br)cc1. The smallest absolute Gasteiger partial charge is 0.161 e. The van der Waals surface area contributed by atoms with Gasteiger partial charge in [0.15, 0.2) is 11.5 Å². The molecule has 0 unspecified atom stereocenters. The molecule has 0 amide bonds. The summed E-state index contributed by atoms with van der Waals surface area (Å²) in [5.74, 6) is 2.53. The highest BCUT2D eigenvalue weighted by molar-refractivity contribution is 9.10. The molecule has 0 aliphatic rings. The quantitative estimate of drug-likeness (QED) is 0.531. The highest BCUT2D eigenvalue weighted by atomic mass is 79.9. The molecule has 0 N–H and O–H groups in total. The van der Waals surface area contributed by atoms with Crippen molar-refractivity contribution >= 4 is 15.9 Å². The number of aryl methyl sites for hydroxylation is 1. The van der Waals surface area contributed by atoms with Crippen molar-refractivity contribution in [3.63, 3.8) is 0 Å². The lowest BCUT2D eigenvalue weighted by atomic mass is 10.2. The Balaban J connectivity index is 1.62. The van der Waals surface area contributed by atoms with Gasteiger partial charge in [0.05, 0.1) is 13.7 Å². The third-order valence-electron chi connectivity index (χ3n) is 4.32. The Morgan fingerprint density at radius 2 is 1.78 bits per heavy atom. The van der Waals surface area contributed by atoms with E-state index >= 15 is 0 Å². The predicted molar refractivity (Wildman–Crippen MR) is 110 cm³/mol. The molecular formula is C21H24BrN3O2. The van der Waals surface area contributed by atoms with E-state index in [1.807, 2.05) is 60.4 Å². The molecule has 0 aliphatic heterocycles. The second-order valence-electron chi connectivity index (χ2n) is 6.53. The highest BCUT2D eigenvalue weighted by Gasteiger charge is 2.10. The van der Waals surface area contributed by atoms with E-state index in [4.69, 9.17) is 9.47 Å². The van der Waals surface area contributed by atoms with Crippen LogP contribution in [0.4, 0.5) is 0 Å². The minimum absolute atomic E-state index is 0.502.